The summed E-state index contributed by atoms with van der Waals surface area (Å²) in [5.74, 6) is 1.13. The maximum Gasteiger partial charge on any atom is 0.130 e. The second-order valence-electron chi connectivity index (χ2n) is 5.93. The van der Waals surface area contributed by atoms with E-state index in [1.54, 1.807) is 0 Å². The van der Waals surface area contributed by atoms with Crippen LogP contribution in [0.1, 0.15) is 0 Å². The van der Waals surface area contributed by atoms with Gasteiger partial charge in [0.1, 0.15) is 5.82 Å². The fourth-order valence-corrected chi connectivity index (χ4v) is 3.23. The second kappa shape index (κ2) is 4.35. The zero-order valence-corrected chi connectivity index (χ0v) is 11.1. The Labute approximate surface area is 113 Å². The van der Waals surface area contributed by atoms with E-state index in [1.165, 1.54) is 18.8 Å². The van der Waals surface area contributed by atoms with E-state index in [0.717, 1.165) is 45.2 Å². The van der Waals surface area contributed by atoms with Crippen molar-refractivity contribution in [2.24, 2.45) is 5.41 Å². The predicted octanol–water partition coefficient (Wildman–Crippen LogP) is 0.328. The highest BCUT2D eigenvalue weighted by atomic mass is 16.5. The summed E-state index contributed by atoms with van der Waals surface area (Å²) in [5, 5.41) is 3.37. The van der Waals surface area contributed by atoms with Crippen molar-refractivity contribution in [1.29, 1.82) is 0 Å². The predicted molar refractivity (Wildman–Crippen MR) is 74.8 cm³/mol. The molecule has 3 fully saturated rings. The number of nitrogens with one attached hydrogen (secondary N) is 1. The fraction of sp³-hybridized carbons (Fsp3) is 0.643. The van der Waals surface area contributed by atoms with E-state index < -0.39 is 0 Å². The molecule has 5 heteroatoms. The average molecular weight is 260 g/mol. The van der Waals surface area contributed by atoms with Crippen LogP contribution >= 0.6 is 0 Å². The van der Waals surface area contributed by atoms with E-state index in [9.17, 15) is 0 Å². The maximum atomic E-state index is 5.41. The van der Waals surface area contributed by atoms with E-state index >= 15 is 0 Å². The number of morpholine rings is 1. The van der Waals surface area contributed by atoms with Crippen LogP contribution in [0.4, 0.5) is 11.5 Å². The topological polar surface area (TPSA) is 40.6 Å². The molecule has 102 valence electrons. The van der Waals surface area contributed by atoms with E-state index in [0.29, 0.717) is 5.41 Å². The molecule has 0 atom stereocenters. The van der Waals surface area contributed by atoms with Crippen molar-refractivity contribution in [3.63, 3.8) is 0 Å². The van der Waals surface area contributed by atoms with Crippen LogP contribution < -0.4 is 15.1 Å². The smallest absolute Gasteiger partial charge is 0.130 e. The van der Waals surface area contributed by atoms with Crippen LogP contribution in [-0.2, 0) is 4.74 Å². The Bertz CT molecular complexity index is 460. The van der Waals surface area contributed by atoms with E-state index in [1.807, 2.05) is 6.20 Å². The minimum Gasteiger partial charge on any atom is -0.378 e. The molecular weight excluding hydrogens is 240 g/mol. The summed E-state index contributed by atoms with van der Waals surface area (Å²) >= 11 is 0. The second-order valence-corrected chi connectivity index (χ2v) is 5.93. The number of aromatic nitrogens is 1. The largest absolute Gasteiger partial charge is 0.378 e. The summed E-state index contributed by atoms with van der Waals surface area (Å²) in [4.78, 5) is 9.31. The minimum atomic E-state index is 0.552. The van der Waals surface area contributed by atoms with E-state index in [4.69, 9.17) is 4.74 Å². The molecule has 0 saturated carbocycles. The van der Waals surface area contributed by atoms with Crippen molar-refractivity contribution in [2.75, 3.05) is 62.3 Å². The Hall–Kier alpha value is -1.33. The molecule has 0 aliphatic carbocycles. The van der Waals surface area contributed by atoms with E-state index in [2.05, 4.69) is 32.2 Å². The minimum absolute atomic E-state index is 0.552. The lowest BCUT2D eigenvalue weighted by molar-refractivity contribution is 0.120. The Kier molecular flexibility index (Phi) is 2.63. The number of rotatable bonds is 2. The van der Waals surface area contributed by atoms with Gasteiger partial charge in [-0.05, 0) is 6.07 Å². The third-order valence-corrected chi connectivity index (χ3v) is 4.48. The van der Waals surface area contributed by atoms with Crippen molar-refractivity contribution in [2.45, 2.75) is 0 Å². The number of anilines is 2. The molecule has 4 heterocycles. The summed E-state index contributed by atoms with van der Waals surface area (Å²) in [6, 6.07) is 4.33. The lowest BCUT2D eigenvalue weighted by Crippen LogP contribution is -2.71. The summed E-state index contributed by atoms with van der Waals surface area (Å²) in [7, 11) is 0. The molecule has 4 rings (SSSR count). The number of hydrogen-bond acceptors (Lipinski definition) is 5. The molecule has 1 aromatic heterocycles. The zero-order valence-electron chi connectivity index (χ0n) is 11.1. The number of pyridine rings is 1. The van der Waals surface area contributed by atoms with Gasteiger partial charge in [0.05, 0.1) is 13.2 Å². The summed E-state index contributed by atoms with van der Waals surface area (Å²) in [5.41, 5.74) is 1.83. The molecule has 1 aromatic rings. The van der Waals surface area contributed by atoms with Crippen LogP contribution in [0, 0.1) is 5.41 Å². The van der Waals surface area contributed by atoms with Crippen molar-refractivity contribution in [3.05, 3.63) is 18.3 Å². The summed E-state index contributed by atoms with van der Waals surface area (Å²) < 4.78 is 5.41. The Morgan fingerprint density at radius 3 is 2.63 bits per heavy atom. The van der Waals surface area contributed by atoms with Gasteiger partial charge in [0, 0.05) is 62.6 Å². The molecule has 0 bridgehead atoms. The highest BCUT2D eigenvalue weighted by Crippen LogP contribution is 2.37. The molecule has 3 aliphatic heterocycles. The van der Waals surface area contributed by atoms with Gasteiger partial charge in [-0.3, -0.25) is 0 Å². The third kappa shape index (κ3) is 1.97. The molecule has 1 spiro atoms. The third-order valence-electron chi connectivity index (χ3n) is 4.48. The van der Waals surface area contributed by atoms with Gasteiger partial charge in [-0.15, -0.1) is 0 Å². The Balaban J connectivity index is 1.47. The lowest BCUT2D eigenvalue weighted by Gasteiger charge is -2.56. The molecule has 0 unspecified atom stereocenters. The van der Waals surface area contributed by atoms with Crippen LogP contribution in [-0.4, -0.2) is 57.5 Å². The quantitative estimate of drug-likeness (QED) is 0.830. The van der Waals surface area contributed by atoms with Gasteiger partial charge in [0.2, 0.25) is 0 Å². The van der Waals surface area contributed by atoms with Gasteiger partial charge in [0.15, 0.2) is 0 Å². The van der Waals surface area contributed by atoms with Gasteiger partial charge < -0.3 is 19.9 Å². The van der Waals surface area contributed by atoms with E-state index in [-0.39, 0.29) is 0 Å². The van der Waals surface area contributed by atoms with Gasteiger partial charge in [-0.2, -0.15) is 0 Å². The average Bonchev–Trinajstić information content (AvgIpc) is 2.37. The molecule has 0 amide bonds. The van der Waals surface area contributed by atoms with Gasteiger partial charge in [-0.1, -0.05) is 0 Å². The molecule has 0 aromatic carbocycles. The van der Waals surface area contributed by atoms with Gasteiger partial charge in [0.25, 0.3) is 0 Å². The molecule has 3 saturated heterocycles. The van der Waals surface area contributed by atoms with Crippen LogP contribution in [0.5, 0.6) is 0 Å². The number of hydrogen-bond donors (Lipinski definition) is 1. The monoisotopic (exact) mass is 260 g/mol. The van der Waals surface area contributed by atoms with Crippen molar-refractivity contribution in [3.8, 4) is 0 Å². The molecule has 1 N–H and O–H groups in total. The normalized spacial score (nSPS) is 25.1. The van der Waals surface area contributed by atoms with Crippen LogP contribution in [0.15, 0.2) is 18.3 Å². The van der Waals surface area contributed by atoms with Gasteiger partial charge >= 0.3 is 0 Å². The first-order valence-electron chi connectivity index (χ1n) is 7.09. The molecule has 19 heavy (non-hydrogen) atoms. The standard InChI is InChI=1S/C14H20N4O/c1-2-16-13(18-10-14(11-18)8-15-9-14)7-12(1)17-3-5-19-6-4-17/h1-2,7,15H,3-6,8-11H2. The first-order chi connectivity index (χ1) is 9.35. The summed E-state index contributed by atoms with van der Waals surface area (Å²) in [6.07, 6.45) is 1.93. The summed E-state index contributed by atoms with van der Waals surface area (Å²) in [6.45, 7) is 8.28. The SMILES string of the molecule is c1cc(N2CCOCC2)cc(N2CC3(CNC3)C2)n1. The highest BCUT2D eigenvalue weighted by molar-refractivity contribution is 5.57. The number of nitrogens with zero attached hydrogens (tertiary/aromatic N) is 3. The highest BCUT2D eigenvalue weighted by Gasteiger charge is 2.47. The Morgan fingerprint density at radius 2 is 1.95 bits per heavy atom. The Morgan fingerprint density at radius 1 is 1.16 bits per heavy atom. The van der Waals surface area contributed by atoms with Gasteiger partial charge in [-0.25, -0.2) is 4.98 Å². The fourth-order valence-electron chi connectivity index (χ4n) is 3.23. The van der Waals surface area contributed by atoms with Crippen molar-refractivity contribution < 1.29 is 4.74 Å². The van der Waals surface area contributed by atoms with Crippen LogP contribution in [0.3, 0.4) is 0 Å². The van der Waals surface area contributed by atoms with Crippen LogP contribution in [0.2, 0.25) is 0 Å². The number of ether oxygens (including phenoxy) is 1. The molecule has 5 nitrogen and oxygen atoms in total. The van der Waals surface area contributed by atoms with Crippen LogP contribution in [0.25, 0.3) is 0 Å². The molecule has 3 aliphatic rings. The van der Waals surface area contributed by atoms with Crippen molar-refractivity contribution in [1.82, 2.24) is 10.3 Å². The van der Waals surface area contributed by atoms with Crippen molar-refractivity contribution >= 4 is 11.5 Å². The maximum absolute atomic E-state index is 5.41. The zero-order chi connectivity index (χ0) is 12.7. The first-order valence-corrected chi connectivity index (χ1v) is 7.09. The molecular formula is C14H20N4O. The first kappa shape index (κ1) is 11.5. The lowest BCUT2D eigenvalue weighted by atomic mass is 9.74. The molecule has 0 radical (unpaired) electrons.